The molecule has 0 spiro atoms. The molecule has 1 aliphatic rings. The Morgan fingerprint density at radius 3 is 2.52 bits per heavy atom. The maximum atomic E-state index is 12.7. The van der Waals surface area contributed by atoms with Gasteiger partial charge in [0, 0.05) is 26.3 Å². The summed E-state index contributed by atoms with van der Waals surface area (Å²) in [6.07, 6.45) is -0.162. The Morgan fingerprint density at radius 2 is 1.78 bits per heavy atom. The van der Waals surface area contributed by atoms with E-state index in [1.54, 1.807) is 49.6 Å². The summed E-state index contributed by atoms with van der Waals surface area (Å²) in [4.78, 5) is 0.0771. The molecule has 3 rings (SSSR count). The van der Waals surface area contributed by atoms with Crippen LogP contribution < -0.4 is 19.5 Å². The number of hydrogen-bond acceptors (Lipinski definition) is 6. The molecule has 2 aromatic carbocycles. The smallest absolute Gasteiger partial charge is 0.265 e. The van der Waals surface area contributed by atoms with Crippen LogP contribution in [0.1, 0.15) is 0 Å². The number of para-hydroxylation sites is 1. The summed E-state index contributed by atoms with van der Waals surface area (Å²) in [6.45, 7) is 1.40. The van der Waals surface area contributed by atoms with E-state index in [2.05, 4.69) is 10.0 Å². The Morgan fingerprint density at radius 1 is 1.04 bits per heavy atom. The molecule has 0 radical (unpaired) electrons. The second-order valence-electron chi connectivity index (χ2n) is 5.87. The van der Waals surface area contributed by atoms with Gasteiger partial charge in [-0.05, 0) is 24.3 Å². The fourth-order valence-electron chi connectivity index (χ4n) is 2.84. The molecule has 27 heavy (non-hydrogen) atoms. The maximum Gasteiger partial charge on any atom is 0.265 e. The molecule has 148 valence electrons. The third kappa shape index (κ3) is 5.04. The van der Waals surface area contributed by atoms with Crippen LogP contribution >= 0.6 is 12.4 Å². The highest BCUT2D eigenvalue weighted by atomic mass is 35.5. The zero-order chi connectivity index (χ0) is 18.6. The van der Waals surface area contributed by atoms with Gasteiger partial charge in [-0.2, -0.15) is 0 Å². The predicted molar refractivity (Wildman–Crippen MR) is 106 cm³/mol. The van der Waals surface area contributed by atoms with E-state index in [0.717, 1.165) is 6.54 Å². The number of ether oxygens (including phenoxy) is 3. The molecular weight excluding hydrogens is 392 g/mol. The zero-order valence-corrected chi connectivity index (χ0v) is 16.7. The molecule has 1 saturated heterocycles. The summed E-state index contributed by atoms with van der Waals surface area (Å²) in [7, 11) is -0.703. The Kier molecular flexibility index (Phi) is 7.32. The van der Waals surface area contributed by atoms with Crippen LogP contribution in [0, 0.1) is 0 Å². The second kappa shape index (κ2) is 9.27. The van der Waals surface area contributed by atoms with Gasteiger partial charge >= 0.3 is 0 Å². The van der Waals surface area contributed by atoms with Crippen LogP contribution in [0.5, 0.6) is 11.5 Å². The Labute approximate surface area is 165 Å². The zero-order valence-electron chi connectivity index (χ0n) is 15.0. The van der Waals surface area contributed by atoms with Crippen molar-refractivity contribution in [3.63, 3.8) is 0 Å². The van der Waals surface area contributed by atoms with Crippen LogP contribution in [-0.2, 0) is 14.8 Å². The molecule has 0 amide bonds. The van der Waals surface area contributed by atoms with Gasteiger partial charge in [0.15, 0.2) is 0 Å². The molecular formula is C18H23ClN2O5S. The van der Waals surface area contributed by atoms with Crippen molar-refractivity contribution in [2.75, 3.05) is 32.0 Å². The maximum absolute atomic E-state index is 12.7. The van der Waals surface area contributed by atoms with Crippen LogP contribution in [0.15, 0.2) is 53.4 Å². The van der Waals surface area contributed by atoms with Gasteiger partial charge in [0.25, 0.3) is 10.0 Å². The van der Waals surface area contributed by atoms with E-state index < -0.39 is 10.0 Å². The van der Waals surface area contributed by atoms with Gasteiger partial charge in [0.05, 0.1) is 12.8 Å². The molecule has 7 nitrogen and oxygen atoms in total. The van der Waals surface area contributed by atoms with Crippen molar-refractivity contribution in [1.82, 2.24) is 5.32 Å². The molecule has 2 N–H and O–H groups in total. The summed E-state index contributed by atoms with van der Waals surface area (Å²) in [6, 6.07) is 13.3. The van der Waals surface area contributed by atoms with E-state index >= 15 is 0 Å². The molecule has 0 aromatic heterocycles. The average molecular weight is 415 g/mol. The summed E-state index contributed by atoms with van der Waals surface area (Å²) in [5.41, 5.74) is 0.410. The molecule has 9 heteroatoms. The number of sulfonamides is 1. The van der Waals surface area contributed by atoms with E-state index in [4.69, 9.17) is 14.2 Å². The predicted octanol–water partition coefficient (Wildman–Crippen LogP) is 2.28. The van der Waals surface area contributed by atoms with Crippen LogP contribution in [-0.4, -0.2) is 47.9 Å². The van der Waals surface area contributed by atoms with E-state index in [1.807, 2.05) is 0 Å². The molecule has 0 unspecified atom stereocenters. The van der Waals surface area contributed by atoms with Gasteiger partial charge in [-0.1, -0.05) is 18.2 Å². The number of benzene rings is 2. The number of methoxy groups -OCH3 is 2. The van der Waals surface area contributed by atoms with Crippen molar-refractivity contribution in [1.29, 1.82) is 0 Å². The third-order valence-corrected chi connectivity index (χ3v) is 5.56. The topological polar surface area (TPSA) is 85.9 Å². The van der Waals surface area contributed by atoms with Crippen molar-refractivity contribution in [3.05, 3.63) is 48.5 Å². The summed E-state index contributed by atoms with van der Waals surface area (Å²) in [5.74, 6) is 0.855. The Hall–Kier alpha value is -2.00. The largest absolute Gasteiger partial charge is 0.495 e. The lowest BCUT2D eigenvalue weighted by Crippen LogP contribution is -2.31. The first-order valence-corrected chi connectivity index (χ1v) is 9.68. The molecule has 0 bridgehead atoms. The van der Waals surface area contributed by atoms with Crippen LogP contribution in [0.2, 0.25) is 0 Å². The van der Waals surface area contributed by atoms with Crippen molar-refractivity contribution in [2.24, 2.45) is 0 Å². The highest BCUT2D eigenvalue weighted by Crippen LogP contribution is 2.27. The minimum atomic E-state index is -3.78. The number of anilines is 1. The van der Waals surface area contributed by atoms with Crippen molar-refractivity contribution < 1.29 is 22.6 Å². The number of hydrogen-bond donors (Lipinski definition) is 2. The standard InChI is InChI=1S/C18H22N2O5S.ClH/c1-23-15-8-3-4-9-18(15)26(21,22)20-13-6-5-7-14(10-13)25-17-12-19-11-16(17)24-2;/h3-10,16-17,19-20H,11-12H2,1-2H3;1H/t16-,17-;/m1./s1. The van der Waals surface area contributed by atoms with E-state index in [9.17, 15) is 8.42 Å². The molecule has 2 aromatic rings. The number of halogens is 1. The van der Waals surface area contributed by atoms with Gasteiger partial charge in [-0.25, -0.2) is 8.42 Å². The van der Waals surface area contributed by atoms with Crippen LogP contribution in [0.3, 0.4) is 0 Å². The van der Waals surface area contributed by atoms with E-state index in [1.165, 1.54) is 13.2 Å². The lowest BCUT2D eigenvalue weighted by molar-refractivity contribution is 0.0346. The normalized spacial score (nSPS) is 19.2. The van der Waals surface area contributed by atoms with Gasteiger partial charge < -0.3 is 19.5 Å². The molecule has 1 heterocycles. The first-order chi connectivity index (χ1) is 12.5. The minimum absolute atomic E-state index is 0. The third-order valence-electron chi connectivity index (χ3n) is 4.14. The van der Waals surface area contributed by atoms with Gasteiger partial charge in [0.1, 0.15) is 28.6 Å². The highest BCUT2D eigenvalue weighted by molar-refractivity contribution is 7.92. The molecule has 1 aliphatic heterocycles. The molecule has 0 aliphatic carbocycles. The lowest BCUT2D eigenvalue weighted by atomic mass is 10.2. The Balaban J connectivity index is 0.00000261. The highest BCUT2D eigenvalue weighted by Gasteiger charge is 2.28. The van der Waals surface area contributed by atoms with E-state index in [0.29, 0.717) is 18.0 Å². The summed E-state index contributed by atoms with van der Waals surface area (Å²) in [5, 5.41) is 3.21. The first kappa shape index (κ1) is 21.3. The molecule has 0 saturated carbocycles. The fraction of sp³-hybridized carbons (Fsp3) is 0.333. The SMILES string of the molecule is COc1ccccc1S(=O)(=O)Nc1cccc(O[C@@H]2CNC[C@H]2OC)c1.Cl. The number of rotatable bonds is 7. The minimum Gasteiger partial charge on any atom is -0.495 e. The second-order valence-corrected chi connectivity index (χ2v) is 7.52. The van der Waals surface area contributed by atoms with Crippen molar-refractivity contribution >= 4 is 28.1 Å². The summed E-state index contributed by atoms with van der Waals surface area (Å²) >= 11 is 0. The quantitative estimate of drug-likeness (QED) is 0.723. The van der Waals surface area contributed by atoms with Crippen LogP contribution in [0.25, 0.3) is 0 Å². The van der Waals surface area contributed by atoms with Crippen molar-refractivity contribution in [3.8, 4) is 11.5 Å². The lowest BCUT2D eigenvalue weighted by Gasteiger charge is -2.19. The van der Waals surface area contributed by atoms with Gasteiger partial charge in [-0.15, -0.1) is 12.4 Å². The van der Waals surface area contributed by atoms with E-state index in [-0.39, 0.29) is 35.3 Å². The monoisotopic (exact) mass is 414 g/mol. The fourth-order valence-corrected chi connectivity index (χ4v) is 4.06. The molecule has 1 fully saturated rings. The first-order valence-electron chi connectivity index (χ1n) is 8.19. The average Bonchev–Trinajstić information content (AvgIpc) is 3.08. The molecule has 2 atom stereocenters. The van der Waals surface area contributed by atoms with Gasteiger partial charge in [-0.3, -0.25) is 4.72 Å². The number of nitrogens with one attached hydrogen (secondary N) is 2. The van der Waals surface area contributed by atoms with Crippen molar-refractivity contribution in [2.45, 2.75) is 17.1 Å². The summed E-state index contributed by atoms with van der Waals surface area (Å²) < 4.78 is 44.4. The van der Waals surface area contributed by atoms with Crippen LogP contribution in [0.4, 0.5) is 5.69 Å². The van der Waals surface area contributed by atoms with Gasteiger partial charge in [0.2, 0.25) is 0 Å². The Bertz CT molecular complexity index is 862.